The molecule has 1 unspecified atom stereocenters. The number of benzene rings is 1. The molecule has 1 aliphatic heterocycles. The largest absolute Gasteiger partial charge is 0.454 e. The number of nitrogens with zero attached hydrogens (tertiary/aromatic N) is 2. The number of likely N-dealkylation sites (N-methyl/N-ethyl adjacent to an activating group) is 1. The highest BCUT2D eigenvalue weighted by molar-refractivity contribution is 5.93. The quantitative estimate of drug-likeness (QED) is 0.865. The van der Waals surface area contributed by atoms with Crippen LogP contribution in [0.3, 0.4) is 0 Å². The SMILES string of the molecule is CN(C)CC(CO)Nc1ccnc2cc3c(cc12)OCO3. The van der Waals surface area contributed by atoms with E-state index >= 15 is 0 Å². The molecule has 0 aliphatic carbocycles. The van der Waals surface area contributed by atoms with Crippen molar-refractivity contribution in [1.29, 1.82) is 0 Å². The van der Waals surface area contributed by atoms with Crippen LogP contribution in [0.2, 0.25) is 0 Å². The van der Waals surface area contributed by atoms with Gasteiger partial charge in [0.1, 0.15) is 0 Å². The van der Waals surface area contributed by atoms with Gasteiger partial charge in [-0.3, -0.25) is 4.98 Å². The van der Waals surface area contributed by atoms with E-state index in [4.69, 9.17) is 9.47 Å². The first-order valence-electron chi connectivity index (χ1n) is 6.88. The van der Waals surface area contributed by atoms with Gasteiger partial charge in [0.05, 0.1) is 18.2 Å². The second-order valence-electron chi connectivity index (χ2n) is 5.37. The Balaban J connectivity index is 1.94. The van der Waals surface area contributed by atoms with Crippen LogP contribution in [0.5, 0.6) is 11.5 Å². The first-order valence-corrected chi connectivity index (χ1v) is 6.88. The summed E-state index contributed by atoms with van der Waals surface area (Å²) >= 11 is 0. The van der Waals surface area contributed by atoms with E-state index in [0.29, 0.717) is 0 Å². The molecular weight excluding hydrogens is 270 g/mol. The third kappa shape index (κ3) is 2.86. The molecule has 0 amide bonds. The Labute approximate surface area is 123 Å². The number of fused-ring (bicyclic) bond motifs is 2. The summed E-state index contributed by atoms with van der Waals surface area (Å²) in [6.07, 6.45) is 1.75. The fourth-order valence-electron chi connectivity index (χ4n) is 2.47. The molecule has 1 atom stereocenters. The van der Waals surface area contributed by atoms with Crippen molar-refractivity contribution in [2.75, 3.05) is 39.4 Å². The molecule has 1 aromatic carbocycles. The zero-order valence-corrected chi connectivity index (χ0v) is 12.2. The van der Waals surface area contributed by atoms with Crippen LogP contribution in [-0.2, 0) is 0 Å². The number of rotatable bonds is 5. The molecule has 0 saturated carbocycles. The molecule has 0 fully saturated rings. The van der Waals surface area contributed by atoms with E-state index in [1.54, 1.807) is 6.20 Å². The molecular formula is C15H19N3O3. The Morgan fingerprint density at radius 1 is 1.33 bits per heavy atom. The van der Waals surface area contributed by atoms with E-state index < -0.39 is 0 Å². The van der Waals surface area contributed by atoms with Gasteiger partial charge in [-0.2, -0.15) is 0 Å². The summed E-state index contributed by atoms with van der Waals surface area (Å²) in [7, 11) is 3.96. The lowest BCUT2D eigenvalue weighted by Crippen LogP contribution is -2.35. The van der Waals surface area contributed by atoms with Gasteiger partial charge in [-0.05, 0) is 26.2 Å². The summed E-state index contributed by atoms with van der Waals surface area (Å²) in [6.45, 7) is 1.05. The molecule has 2 aromatic rings. The highest BCUT2D eigenvalue weighted by Gasteiger charge is 2.17. The molecule has 0 bridgehead atoms. The minimum Gasteiger partial charge on any atom is -0.454 e. The number of nitrogens with one attached hydrogen (secondary N) is 1. The standard InChI is InChI=1S/C15H19N3O3/c1-18(2)7-10(8-19)17-12-3-4-16-13-6-15-14(5-11(12)13)20-9-21-15/h3-6,10,19H,7-9H2,1-2H3,(H,16,17). The van der Waals surface area contributed by atoms with E-state index in [9.17, 15) is 5.11 Å². The van der Waals surface area contributed by atoms with Crippen LogP contribution >= 0.6 is 0 Å². The summed E-state index contributed by atoms with van der Waals surface area (Å²) in [5, 5.41) is 13.8. The molecule has 2 heterocycles. The zero-order chi connectivity index (χ0) is 14.8. The number of ether oxygens (including phenoxy) is 2. The van der Waals surface area contributed by atoms with Crippen molar-refractivity contribution in [1.82, 2.24) is 9.88 Å². The van der Waals surface area contributed by atoms with Gasteiger partial charge in [-0.15, -0.1) is 0 Å². The number of hydrogen-bond donors (Lipinski definition) is 2. The summed E-state index contributed by atoms with van der Waals surface area (Å²) in [5.74, 6) is 1.45. The fourth-order valence-corrected chi connectivity index (χ4v) is 2.47. The van der Waals surface area contributed by atoms with Gasteiger partial charge in [0, 0.05) is 29.9 Å². The Hall–Kier alpha value is -2.05. The molecule has 3 rings (SSSR count). The first-order chi connectivity index (χ1) is 10.2. The molecule has 112 valence electrons. The van der Waals surface area contributed by atoms with Gasteiger partial charge in [0.25, 0.3) is 0 Å². The van der Waals surface area contributed by atoms with E-state index in [2.05, 4.69) is 10.3 Å². The van der Waals surface area contributed by atoms with Gasteiger partial charge in [-0.25, -0.2) is 0 Å². The number of anilines is 1. The highest BCUT2D eigenvalue weighted by Crippen LogP contribution is 2.37. The Morgan fingerprint density at radius 3 is 2.81 bits per heavy atom. The van der Waals surface area contributed by atoms with Crippen LogP contribution < -0.4 is 14.8 Å². The third-order valence-corrected chi connectivity index (χ3v) is 3.40. The maximum absolute atomic E-state index is 9.51. The molecule has 6 heteroatoms. The number of aliphatic hydroxyl groups is 1. The summed E-state index contributed by atoms with van der Waals surface area (Å²) in [5.41, 5.74) is 1.77. The van der Waals surface area contributed by atoms with Crippen molar-refractivity contribution in [3.8, 4) is 11.5 Å². The molecule has 0 radical (unpaired) electrons. The Kier molecular flexibility index (Phi) is 3.81. The molecule has 1 aromatic heterocycles. The summed E-state index contributed by atoms with van der Waals surface area (Å²) < 4.78 is 10.8. The fraction of sp³-hybridized carbons (Fsp3) is 0.400. The third-order valence-electron chi connectivity index (χ3n) is 3.40. The van der Waals surface area contributed by atoms with E-state index in [-0.39, 0.29) is 19.4 Å². The smallest absolute Gasteiger partial charge is 0.231 e. The number of aromatic nitrogens is 1. The lowest BCUT2D eigenvalue weighted by Gasteiger charge is -2.22. The lowest BCUT2D eigenvalue weighted by molar-refractivity contribution is 0.174. The summed E-state index contributed by atoms with van der Waals surface area (Å²) in [6, 6.07) is 5.67. The van der Waals surface area contributed by atoms with Crippen LogP contribution in [0.1, 0.15) is 0 Å². The van der Waals surface area contributed by atoms with Crippen molar-refractivity contribution >= 4 is 16.6 Å². The van der Waals surface area contributed by atoms with E-state index in [1.165, 1.54) is 0 Å². The molecule has 1 aliphatic rings. The van der Waals surface area contributed by atoms with Crippen molar-refractivity contribution in [3.63, 3.8) is 0 Å². The predicted molar refractivity (Wildman–Crippen MR) is 80.9 cm³/mol. The average molecular weight is 289 g/mol. The van der Waals surface area contributed by atoms with Crippen LogP contribution in [-0.4, -0.2) is 55.1 Å². The highest BCUT2D eigenvalue weighted by atomic mass is 16.7. The maximum atomic E-state index is 9.51. The van der Waals surface area contributed by atoms with Crippen LogP contribution in [0.15, 0.2) is 24.4 Å². The van der Waals surface area contributed by atoms with Gasteiger partial charge in [-0.1, -0.05) is 0 Å². The minimum absolute atomic E-state index is 0.0453. The second-order valence-corrected chi connectivity index (χ2v) is 5.37. The molecule has 6 nitrogen and oxygen atoms in total. The first kappa shape index (κ1) is 13.9. The number of pyridine rings is 1. The normalized spacial score (nSPS) is 14.7. The maximum Gasteiger partial charge on any atom is 0.231 e. The molecule has 2 N–H and O–H groups in total. The Bertz CT molecular complexity index is 645. The predicted octanol–water partition coefficient (Wildman–Crippen LogP) is 1.30. The van der Waals surface area contributed by atoms with Gasteiger partial charge in [0.2, 0.25) is 6.79 Å². The van der Waals surface area contributed by atoms with Crippen LogP contribution in [0.25, 0.3) is 10.9 Å². The lowest BCUT2D eigenvalue weighted by atomic mass is 10.1. The topological polar surface area (TPSA) is 66.9 Å². The van der Waals surface area contributed by atoms with Crippen molar-refractivity contribution in [3.05, 3.63) is 24.4 Å². The Morgan fingerprint density at radius 2 is 2.10 bits per heavy atom. The van der Waals surface area contributed by atoms with E-state index in [0.717, 1.165) is 34.6 Å². The van der Waals surface area contributed by atoms with Gasteiger partial charge < -0.3 is 24.8 Å². The van der Waals surface area contributed by atoms with Crippen molar-refractivity contribution in [2.45, 2.75) is 6.04 Å². The van der Waals surface area contributed by atoms with Gasteiger partial charge in [0.15, 0.2) is 11.5 Å². The number of aliphatic hydroxyl groups excluding tert-OH is 1. The van der Waals surface area contributed by atoms with Crippen molar-refractivity contribution < 1.29 is 14.6 Å². The molecule has 0 saturated heterocycles. The average Bonchev–Trinajstić information content (AvgIpc) is 2.91. The van der Waals surface area contributed by atoms with Crippen molar-refractivity contribution in [2.24, 2.45) is 0 Å². The monoisotopic (exact) mass is 289 g/mol. The second kappa shape index (κ2) is 5.75. The van der Waals surface area contributed by atoms with Crippen LogP contribution in [0, 0.1) is 0 Å². The molecule has 0 spiro atoms. The van der Waals surface area contributed by atoms with E-state index in [1.807, 2.05) is 37.2 Å². The number of hydrogen-bond acceptors (Lipinski definition) is 6. The summed E-state index contributed by atoms with van der Waals surface area (Å²) in [4.78, 5) is 6.40. The zero-order valence-electron chi connectivity index (χ0n) is 12.2. The molecule has 21 heavy (non-hydrogen) atoms. The van der Waals surface area contributed by atoms with Gasteiger partial charge >= 0.3 is 0 Å². The van der Waals surface area contributed by atoms with Crippen LogP contribution in [0.4, 0.5) is 5.69 Å². The minimum atomic E-state index is -0.0453.